The fourth-order valence-corrected chi connectivity index (χ4v) is 5.05. The molecular weight excluding hydrogens is 343 g/mol. The summed E-state index contributed by atoms with van der Waals surface area (Å²) >= 11 is 0. The molecule has 1 fully saturated rings. The number of hydrogen-bond acceptors (Lipinski definition) is 0. The molecule has 1 heteroatoms. The number of unbranched alkanes of at least 4 members (excludes halogenated alkanes) is 2. The van der Waals surface area contributed by atoms with E-state index in [0.717, 1.165) is 24.3 Å². The normalized spacial score (nSPS) is 16.8. The summed E-state index contributed by atoms with van der Waals surface area (Å²) in [6, 6.07) is 15.9. The number of halogens is 1. The SMILES string of the molecule is C.Fc1cccc(C2=C(CCCCCC3CCCCC3)c3ccccc3C2)c1. The van der Waals surface area contributed by atoms with Gasteiger partial charge in [-0.25, -0.2) is 4.39 Å². The Bertz CT molecular complexity index is 795. The Morgan fingerprint density at radius 2 is 1.68 bits per heavy atom. The van der Waals surface area contributed by atoms with Crippen LogP contribution in [0.25, 0.3) is 11.1 Å². The number of benzene rings is 2. The molecule has 0 saturated heterocycles. The fraction of sp³-hybridized carbons (Fsp3) is 0.481. The smallest absolute Gasteiger partial charge is 0.123 e. The predicted octanol–water partition coefficient (Wildman–Crippen LogP) is 8.46. The van der Waals surface area contributed by atoms with Crippen molar-refractivity contribution in [3.05, 3.63) is 71.0 Å². The van der Waals surface area contributed by atoms with Crippen molar-refractivity contribution in [3.8, 4) is 0 Å². The molecule has 2 aromatic carbocycles. The van der Waals surface area contributed by atoms with E-state index in [9.17, 15) is 4.39 Å². The second kappa shape index (κ2) is 10.0. The molecule has 0 heterocycles. The predicted molar refractivity (Wildman–Crippen MR) is 120 cm³/mol. The van der Waals surface area contributed by atoms with Gasteiger partial charge in [0, 0.05) is 0 Å². The lowest BCUT2D eigenvalue weighted by atomic mass is 9.85. The van der Waals surface area contributed by atoms with Gasteiger partial charge >= 0.3 is 0 Å². The van der Waals surface area contributed by atoms with E-state index in [1.165, 1.54) is 86.1 Å². The molecule has 0 amide bonds. The zero-order valence-corrected chi connectivity index (χ0v) is 16.4. The summed E-state index contributed by atoms with van der Waals surface area (Å²) in [7, 11) is 0. The van der Waals surface area contributed by atoms with Crippen LogP contribution in [-0.2, 0) is 6.42 Å². The molecule has 2 aliphatic rings. The third-order valence-corrected chi connectivity index (χ3v) is 6.51. The van der Waals surface area contributed by atoms with Crippen LogP contribution in [0.2, 0.25) is 0 Å². The first-order valence-corrected chi connectivity index (χ1v) is 10.9. The molecule has 28 heavy (non-hydrogen) atoms. The van der Waals surface area contributed by atoms with Crippen molar-refractivity contribution in [2.45, 2.75) is 78.1 Å². The Kier molecular flexibility index (Phi) is 7.48. The second-order valence-electron chi connectivity index (χ2n) is 8.40. The van der Waals surface area contributed by atoms with Crippen LogP contribution in [0.15, 0.2) is 48.5 Å². The van der Waals surface area contributed by atoms with Gasteiger partial charge in [-0.2, -0.15) is 0 Å². The monoisotopic (exact) mass is 378 g/mol. The Balaban J connectivity index is 0.00000225. The van der Waals surface area contributed by atoms with Gasteiger partial charge in [0.1, 0.15) is 5.82 Å². The maximum Gasteiger partial charge on any atom is 0.123 e. The van der Waals surface area contributed by atoms with Crippen LogP contribution in [0.1, 0.15) is 88.3 Å². The van der Waals surface area contributed by atoms with E-state index in [2.05, 4.69) is 30.3 Å². The third kappa shape index (κ3) is 4.93. The quantitative estimate of drug-likeness (QED) is 0.424. The lowest BCUT2D eigenvalue weighted by molar-refractivity contribution is 0.329. The zero-order chi connectivity index (χ0) is 18.5. The molecule has 150 valence electrons. The Morgan fingerprint density at radius 3 is 2.50 bits per heavy atom. The molecule has 0 radical (unpaired) electrons. The molecule has 2 aliphatic carbocycles. The Labute approximate surface area is 170 Å². The standard InChI is InChI=1S/C26H31F.CH4/c27-23-15-9-14-21(18-23)26-19-22-13-7-8-16-24(22)25(26)17-6-2-5-12-20-10-3-1-4-11-20;/h7-9,13-16,18,20H,1-6,10-12,17,19H2;1H4. The van der Waals surface area contributed by atoms with E-state index in [-0.39, 0.29) is 13.2 Å². The van der Waals surface area contributed by atoms with Crippen molar-refractivity contribution in [3.63, 3.8) is 0 Å². The number of allylic oxidation sites excluding steroid dienone is 2. The van der Waals surface area contributed by atoms with Gasteiger partial charge in [-0.05, 0) is 65.1 Å². The van der Waals surface area contributed by atoms with Crippen LogP contribution in [0.5, 0.6) is 0 Å². The highest BCUT2D eigenvalue weighted by Gasteiger charge is 2.22. The van der Waals surface area contributed by atoms with Crippen molar-refractivity contribution in [2.24, 2.45) is 5.92 Å². The number of rotatable bonds is 7. The van der Waals surface area contributed by atoms with Gasteiger partial charge in [-0.15, -0.1) is 0 Å². The van der Waals surface area contributed by atoms with Gasteiger partial charge in [0.05, 0.1) is 0 Å². The first-order valence-electron chi connectivity index (χ1n) is 10.9. The summed E-state index contributed by atoms with van der Waals surface area (Å²) in [5, 5.41) is 0. The van der Waals surface area contributed by atoms with Crippen molar-refractivity contribution in [1.82, 2.24) is 0 Å². The van der Waals surface area contributed by atoms with Crippen LogP contribution in [0, 0.1) is 11.7 Å². The van der Waals surface area contributed by atoms with Gasteiger partial charge in [-0.3, -0.25) is 0 Å². The van der Waals surface area contributed by atoms with Gasteiger partial charge < -0.3 is 0 Å². The van der Waals surface area contributed by atoms with E-state index in [0.29, 0.717) is 0 Å². The minimum absolute atomic E-state index is 0. The van der Waals surface area contributed by atoms with Crippen molar-refractivity contribution in [2.75, 3.05) is 0 Å². The molecular formula is C27H35F. The van der Waals surface area contributed by atoms with E-state index in [4.69, 9.17) is 0 Å². The van der Waals surface area contributed by atoms with Crippen LogP contribution in [0.4, 0.5) is 4.39 Å². The lowest BCUT2D eigenvalue weighted by Gasteiger charge is -2.21. The Morgan fingerprint density at radius 1 is 0.857 bits per heavy atom. The van der Waals surface area contributed by atoms with Crippen LogP contribution >= 0.6 is 0 Å². The molecule has 2 aromatic rings. The average Bonchev–Trinajstić information content (AvgIpc) is 3.07. The van der Waals surface area contributed by atoms with Gasteiger partial charge in [0.2, 0.25) is 0 Å². The minimum Gasteiger partial charge on any atom is -0.207 e. The minimum atomic E-state index is -0.136. The summed E-state index contributed by atoms with van der Waals surface area (Å²) in [6.45, 7) is 0. The van der Waals surface area contributed by atoms with E-state index in [1.54, 1.807) is 6.07 Å². The number of fused-ring (bicyclic) bond motifs is 1. The molecule has 0 aromatic heterocycles. The van der Waals surface area contributed by atoms with Gasteiger partial charge in [-0.1, -0.05) is 95.2 Å². The summed E-state index contributed by atoms with van der Waals surface area (Å²) < 4.78 is 13.8. The van der Waals surface area contributed by atoms with E-state index < -0.39 is 0 Å². The zero-order valence-electron chi connectivity index (χ0n) is 16.4. The summed E-state index contributed by atoms with van der Waals surface area (Å²) in [5.41, 5.74) is 6.64. The van der Waals surface area contributed by atoms with E-state index in [1.807, 2.05) is 6.07 Å². The summed E-state index contributed by atoms with van der Waals surface area (Å²) in [6.07, 6.45) is 14.7. The molecule has 0 bridgehead atoms. The first-order chi connectivity index (χ1) is 13.3. The van der Waals surface area contributed by atoms with Crippen molar-refractivity contribution in [1.29, 1.82) is 0 Å². The van der Waals surface area contributed by atoms with E-state index >= 15 is 0 Å². The molecule has 0 aliphatic heterocycles. The first kappa shape index (κ1) is 20.8. The molecule has 4 rings (SSSR count). The highest BCUT2D eigenvalue weighted by atomic mass is 19.1. The van der Waals surface area contributed by atoms with Gasteiger partial charge in [0.25, 0.3) is 0 Å². The highest BCUT2D eigenvalue weighted by molar-refractivity contribution is 5.97. The largest absolute Gasteiger partial charge is 0.207 e. The third-order valence-electron chi connectivity index (χ3n) is 6.51. The average molecular weight is 379 g/mol. The van der Waals surface area contributed by atoms with Gasteiger partial charge in [0.15, 0.2) is 0 Å². The molecule has 1 saturated carbocycles. The van der Waals surface area contributed by atoms with Crippen molar-refractivity contribution < 1.29 is 4.39 Å². The second-order valence-corrected chi connectivity index (χ2v) is 8.40. The van der Waals surface area contributed by atoms with Crippen LogP contribution in [-0.4, -0.2) is 0 Å². The molecule has 0 nitrogen and oxygen atoms in total. The van der Waals surface area contributed by atoms with Crippen molar-refractivity contribution >= 4 is 11.1 Å². The molecule has 0 unspecified atom stereocenters. The maximum absolute atomic E-state index is 13.8. The fourth-order valence-electron chi connectivity index (χ4n) is 5.05. The molecule has 0 spiro atoms. The van der Waals surface area contributed by atoms with Crippen LogP contribution < -0.4 is 0 Å². The highest BCUT2D eigenvalue weighted by Crippen LogP contribution is 2.41. The number of hydrogen-bond donors (Lipinski definition) is 0. The summed E-state index contributed by atoms with van der Waals surface area (Å²) in [5.74, 6) is 0.857. The maximum atomic E-state index is 13.8. The molecule has 0 atom stereocenters. The van der Waals surface area contributed by atoms with Crippen LogP contribution in [0.3, 0.4) is 0 Å². The lowest BCUT2D eigenvalue weighted by Crippen LogP contribution is -2.05. The summed E-state index contributed by atoms with van der Waals surface area (Å²) in [4.78, 5) is 0. The topological polar surface area (TPSA) is 0 Å². The Hall–Kier alpha value is -1.89. The molecule has 0 N–H and O–H groups in total.